The monoisotopic (exact) mass is 351 g/mol. The summed E-state index contributed by atoms with van der Waals surface area (Å²) in [6.45, 7) is 2.41. The summed E-state index contributed by atoms with van der Waals surface area (Å²) in [7, 11) is 0. The van der Waals surface area contributed by atoms with Crippen LogP contribution in [0.15, 0.2) is 22.7 Å². The lowest BCUT2D eigenvalue weighted by Crippen LogP contribution is -2.18. The molecule has 0 unspecified atom stereocenters. The van der Waals surface area contributed by atoms with E-state index < -0.39 is 0 Å². The second kappa shape index (κ2) is 4.17. The summed E-state index contributed by atoms with van der Waals surface area (Å²) in [5.74, 6) is 0. The highest BCUT2D eigenvalue weighted by atomic mass is 127. The number of anilines is 1. The maximum absolute atomic E-state index is 3.64. The third-order valence-corrected chi connectivity index (χ3v) is 4.85. The minimum atomic E-state index is 1.21. The van der Waals surface area contributed by atoms with Crippen LogP contribution in [0.2, 0.25) is 0 Å². The minimum absolute atomic E-state index is 1.21. The summed E-state index contributed by atoms with van der Waals surface area (Å²) in [5.41, 5.74) is 1.35. The van der Waals surface area contributed by atoms with Gasteiger partial charge in [0.15, 0.2) is 0 Å². The van der Waals surface area contributed by atoms with Crippen molar-refractivity contribution in [2.45, 2.75) is 12.8 Å². The van der Waals surface area contributed by atoms with Crippen LogP contribution >= 0.6 is 38.5 Å². The molecular formula is C10H11BrIN. The van der Waals surface area contributed by atoms with Crippen molar-refractivity contribution in [3.63, 3.8) is 0 Å². The van der Waals surface area contributed by atoms with Gasteiger partial charge in [-0.05, 0) is 63.5 Å². The fourth-order valence-electron chi connectivity index (χ4n) is 1.69. The van der Waals surface area contributed by atoms with Gasteiger partial charge in [0.25, 0.3) is 0 Å². The molecule has 0 saturated carbocycles. The Morgan fingerprint density at radius 2 is 1.92 bits per heavy atom. The highest BCUT2D eigenvalue weighted by Crippen LogP contribution is 2.32. The molecule has 1 fully saturated rings. The van der Waals surface area contributed by atoms with E-state index in [1.165, 1.54) is 39.7 Å². The zero-order valence-corrected chi connectivity index (χ0v) is 11.0. The normalized spacial score (nSPS) is 16.6. The Labute approximate surface area is 101 Å². The van der Waals surface area contributed by atoms with Gasteiger partial charge in [-0.2, -0.15) is 0 Å². The summed E-state index contributed by atoms with van der Waals surface area (Å²) < 4.78 is 2.54. The van der Waals surface area contributed by atoms with Gasteiger partial charge in [-0.3, -0.25) is 0 Å². The van der Waals surface area contributed by atoms with Crippen molar-refractivity contribution in [1.29, 1.82) is 0 Å². The second-order valence-corrected chi connectivity index (χ2v) is 5.22. The molecule has 1 heterocycles. The van der Waals surface area contributed by atoms with E-state index in [0.717, 1.165) is 0 Å². The van der Waals surface area contributed by atoms with E-state index in [1.807, 2.05) is 0 Å². The molecule has 0 aliphatic carbocycles. The maximum atomic E-state index is 3.64. The second-order valence-electron chi connectivity index (χ2n) is 3.27. The Morgan fingerprint density at radius 3 is 2.62 bits per heavy atom. The third kappa shape index (κ3) is 2.01. The topological polar surface area (TPSA) is 3.24 Å². The number of hydrogen-bond donors (Lipinski definition) is 0. The Kier molecular flexibility index (Phi) is 3.14. The molecule has 0 radical (unpaired) electrons. The highest BCUT2D eigenvalue weighted by molar-refractivity contribution is 14.1. The molecule has 1 nitrogen and oxygen atoms in total. The summed E-state index contributed by atoms with van der Waals surface area (Å²) >= 11 is 6.00. The molecule has 0 aromatic heterocycles. The van der Waals surface area contributed by atoms with Crippen LogP contribution < -0.4 is 4.90 Å². The van der Waals surface area contributed by atoms with Gasteiger partial charge in [0.05, 0.1) is 10.2 Å². The smallest absolute Gasteiger partial charge is 0.0542 e. The fraction of sp³-hybridized carbons (Fsp3) is 0.400. The Morgan fingerprint density at radius 1 is 1.23 bits per heavy atom. The highest BCUT2D eigenvalue weighted by Gasteiger charge is 2.15. The quantitative estimate of drug-likeness (QED) is 0.698. The van der Waals surface area contributed by atoms with Crippen LogP contribution in [0.3, 0.4) is 0 Å². The van der Waals surface area contributed by atoms with Gasteiger partial charge in [-0.15, -0.1) is 0 Å². The zero-order valence-electron chi connectivity index (χ0n) is 7.26. The van der Waals surface area contributed by atoms with Gasteiger partial charge < -0.3 is 4.90 Å². The zero-order chi connectivity index (χ0) is 9.26. The largest absolute Gasteiger partial charge is 0.371 e. The van der Waals surface area contributed by atoms with Crippen LogP contribution in [0.25, 0.3) is 0 Å². The first-order valence-electron chi connectivity index (χ1n) is 4.48. The van der Waals surface area contributed by atoms with Crippen LogP contribution in [-0.4, -0.2) is 13.1 Å². The molecule has 0 N–H and O–H groups in total. The van der Waals surface area contributed by atoms with Gasteiger partial charge in [0, 0.05) is 16.7 Å². The molecule has 3 heteroatoms. The summed E-state index contributed by atoms with van der Waals surface area (Å²) in [5, 5.41) is 0. The van der Waals surface area contributed by atoms with E-state index in [2.05, 4.69) is 61.6 Å². The number of hydrogen-bond acceptors (Lipinski definition) is 1. The third-order valence-electron chi connectivity index (χ3n) is 2.38. The van der Waals surface area contributed by atoms with E-state index in [0.29, 0.717) is 0 Å². The lowest BCUT2D eigenvalue weighted by molar-refractivity contribution is 0.949. The van der Waals surface area contributed by atoms with E-state index >= 15 is 0 Å². The molecular weight excluding hydrogens is 341 g/mol. The van der Waals surface area contributed by atoms with Crippen LogP contribution in [-0.2, 0) is 0 Å². The van der Waals surface area contributed by atoms with Gasteiger partial charge in [0.2, 0.25) is 0 Å². The predicted molar refractivity (Wildman–Crippen MR) is 68.3 cm³/mol. The molecule has 0 spiro atoms. The molecule has 1 aromatic rings. The maximum Gasteiger partial charge on any atom is 0.0542 e. The van der Waals surface area contributed by atoms with Crippen molar-refractivity contribution < 1.29 is 0 Å². The molecule has 0 amide bonds. The SMILES string of the molecule is Brc1c(I)cccc1N1CCCC1. The van der Waals surface area contributed by atoms with E-state index in [4.69, 9.17) is 0 Å². The number of rotatable bonds is 1. The Bertz CT molecular complexity index is 308. The molecule has 1 aliphatic rings. The van der Waals surface area contributed by atoms with Gasteiger partial charge in [-0.1, -0.05) is 6.07 Å². The van der Waals surface area contributed by atoms with Crippen molar-refractivity contribution in [2.24, 2.45) is 0 Å². The standard InChI is InChI=1S/C10H11BrIN/c11-10-8(12)4-3-5-9(10)13-6-1-2-7-13/h3-5H,1-2,6-7H2. The fourth-order valence-corrected chi connectivity index (χ4v) is 2.69. The first-order chi connectivity index (χ1) is 6.29. The van der Waals surface area contributed by atoms with Crippen molar-refractivity contribution >= 4 is 44.2 Å². The first-order valence-corrected chi connectivity index (χ1v) is 6.35. The molecule has 70 valence electrons. The van der Waals surface area contributed by atoms with E-state index in [-0.39, 0.29) is 0 Å². The number of nitrogens with zero attached hydrogens (tertiary/aromatic N) is 1. The van der Waals surface area contributed by atoms with Crippen LogP contribution in [0.5, 0.6) is 0 Å². The minimum Gasteiger partial charge on any atom is -0.371 e. The predicted octanol–water partition coefficient (Wildman–Crippen LogP) is 3.65. The van der Waals surface area contributed by atoms with Crippen LogP contribution in [0, 0.1) is 3.57 Å². The molecule has 0 bridgehead atoms. The van der Waals surface area contributed by atoms with Crippen molar-refractivity contribution in [3.8, 4) is 0 Å². The average molecular weight is 352 g/mol. The first kappa shape index (κ1) is 9.77. The average Bonchev–Trinajstić information content (AvgIpc) is 2.62. The lowest BCUT2D eigenvalue weighted by atomic mass is 10.3. The lowest BCUT2D eigenvalue weighted by Gasteiger charge is -2.19. The molecule has 1 aromatic carbocycles. The summed E-state index contributed by atoms with van der Waals surface area (Å²) in [6.07, 6.45) is 2.66. The van der Waals surface area contributed by atoms with E-state index in [9.17, 15) is 0 Å². The summed E-state index contributed by atoms with van der Waals surface area (Å²) in [4.78, 5) is 2.45. The van der Waals surface area contributed by atoms with Gasteiger partial charge in [-0.25, -0.2) is 0 Å². The number of halogens is 2. The summed E-state index contributed by atoms with van der Waals surface area (Å²) in [6, 6.07) is 6.45. The Hall–Kier alpha value is 0.230. The van der Waals surface area contributed by atoms with Gasteiger partial charge in [0.1, 0.15) is 0 Å². The molecule has 13 heavy (non-hydrogen) atoms. The Balaban J connectivity index is 2.33. The van der Waals surface area contributed by atoms with Crippen molar-refractivity contribution in [2.75, 3.05) is 18.0 Å². The number of benzene rings is 1. The van der Waals surface area contributed by atoms with Crippen LogP contribution in [0.4, 0.5) is 5.69 Å². The van der Waals surface area contributed by atoms with Crippen LogP contribution in [0.1, 0.15) is 12.8 Å². The molecule has 2 rings (SSSR count). The molecule has 1 aliphatic heterocycles. The van der Waals surface area contributed by atoms with Crippen molar-refractivity contribution in [1.82, 2.24) is 0 Å². The van der Waals surface area contributed by atoms with Gasteiger partial charge >= 0.3 is 0 Å². The molecule has 1 saturated heterocycles. The van der Waals surface area contributed by atoms with Crippen molar-refractivity contribution in [3.05, 3.63) is 26.2 Å². The van der Waals surface area contributed by atoms with E-state index in [1.54, 1.807) is 0 Å². The molecule has 0 atom stereocenters.